The van der Waals surface area contributed by atoms with Crippen molar-refractivity contribution in [2.75, 3.05) is 13.2 Å². The van der Waals surface area contributed by atoms with Crippen LogP contribution < -0.4 is 5.73 Å². The third kappa shape index (κ3) is 2.71. The predicted octanol–water partition coefficient (Wildman–Crippen LogP) is 2.03. The number of hydrogen-bond acceptors (Lipinski definition) is 3. The maximum absolute atomic E-state index is 6.41. The molecule has 102 valence electrons. The second-order valence-electron chi connectivity index (χ2n) is 4.87. The highest BCUT2D eigenvalue weighted by atomic mass is 35.5. The minimum Gasteiger partial charge on any atom is -0.381 e. The molecule has 0 aromatic carbocycles. The number of ether oxygens (including phenoxy) is 1. The Morgan fingerprint density at radius 1 is 1.50 bits per heavy atom. The van der Waals surface area contributed by atoms with E-state index in [9.17, 15) is 0 Å². The summed E-state index contributed by atoms with van der Waals surface area (Å²) in [6.45, 7) is 6.52. The highest BCUT2D eigenvalue weighted by molar-refractivity contribution is 6.31. The minimum absolute atomic E-state index is 0.208. The van der Waals surface area contributed by atoms with Crippen LogP contribution in [0.15, 0.2) is 0 Å². The van der Waals surface area contributed by atoms with E-state index in [0.717, 1.165) is 55.4 Å². The Morgan fingerprint density at radius 3 is 2.89 bits per heavy atom. The third-order valence-corrected chi connectivity index (χ3v) is 4.12. The van der Waals surface area contributed by atoms with E-state index in [1.165, 1.54) is 0 Å². The Balaban J connectivity index is 2.19. The van der Waals surface area contributed by atoms with Crippen molar-refractivity contribution in [1.29, 1.82) is 0 Å². The van der Waals surface area contributed by atoms with Crippen molar-refractivity contribution >= 4 is 11.6 Å². The molecule has 2 rings (SSSR count). The van der Waals surface area contributed by atoms with E-state index in [1.807, 2.05) is 4.68 Å². The van der Waals surface area contributed by atoms with Crippen molar-refractivity contribution in [2.45, 2.75) is 45.7 Å². The summed E-state index contributed by atoms with van der Waals surface area (Å²) in [5.41, 5.74) is 8.25. The van der Waals surface area contributed by atoms with Crippen molar-refractivity contribution in [2.24, 2.45) is 11.7 Å². The van der Waals surface area contributed by atoms with Gasteiger partial charge in [-0.05, 0) is 26.2 Å². The van der Waals surface area contributed by atoms with E-state index >= 15 is 0 Å². The van der Waals surface area contributed by atoms with Crippen molar-refractivity contribution in [3.63, 3.8) is 0 Å². The molecule has 18 heavy (non-hydrogen) atoms. The lowest BCUT2D eigenvalue weighted by Crippen LogP contribution is -2.40. The van der Waals surface area contributed by atoms with Gasteiger partial charge in [-0.1, -0.05) is 18.5 Å². The van der Waals surface area contributed by atoms with E-state index in [4.69, 9.17) is 22.1 Å². The number of rotatable bonds is 4. The Morgan fingerprint density at radius 2 is 2.28 bits per heavy atom. The predicted molar refractivity (Wildman–Crippen MR) is 72.9 cm³/mol. The van der Waals surface area contributed by atoms with Gasteiger partial charge in [0.25, 0.3) is 0 Å². The fraction of sp³-hybridized carbons (Fsp3) is 0.769. The van der Waals surface area contributed by atoms with Crippen molar-refractivity contribution in [1.82, 2.24) is 9.78 Å². The number of hydrogen-bond donors (Lipinski definition) is 1. The van der Waals surface area contributed by atoms with Crippen LogP contribution in [0.3, 0.4) is 0 Å². The number of aryl methyl sites for hydroxylation is 2. The van der Waals surface area contributed by atoms with Crippen LogP contribution in [0.4, 0.5) is 0 Å². The second-order valence-corrected chi connectivity index (χ2v) is 5.25. The summed E-state index contributed by atoms with van der Waals surface area (Å²) in [4.78, 5) is 0. The molecule has 0 saturated carbocycles. The molecule has 2 unspecified atom stereocenters. The summed E-state index contributed by atoms with van der Waals surface area (Å²) in [7, 11) is 0. The summed E-state index contributed by atoms with van der Waals surface area (Å²) < 4.78 is 7.52. The second kappa shape index (κ2) is 6.04. The first kappa shape index (κ1) is 13.8. The standard InChI is InChI=1S/C13H22ClN3O/c1-3-11-13(14)12(17(4-2)16-11)7-9-8-18-6-5-10(9)15/h9-10H,3-8,15H2,1-2H3. The van der Waals surface area contributed by atoms with Crippen molar-refractivity contribution in [3.8, 4) is 0 Å². The summed E-state index contributed by atoms with van der Waals surface area (Å²) in [5, 5.41) is 5.36. The Bertz CT molecular complexity index is 405. The maximum Gasteiger partial charge on any atom is 0.0849 e. The molecule has 2 N–H and O–H groups in total. The van der Waals surface area contributed by atoms with Gasteiger partial charge in [0.15, 0.2) is 0 Å². The molecule has 0 spiro atoms. The maximum atomic E-state index is 6.41. The summed E-state index contributed by atoms with van der Waals surface area (Å²) in [6, 6.07) is 0.208. The quantitative estimate of drug-likeness (QED) is 0.912. The molecule has 2 heterocycles. The van der Waals surface area contributed by atoms with Crippen LogP contribution in [0.25, 0.3) is 0 Å². The number of halogens is 1. The molecule has 5 heteroatoms. The lowest BCUT2D eigenvalue weighted by molar-refractivity contribution is 0.0415. The molecule has 1 aliphatic rings. The zero-order valence-electron chi connectivity index (χ0n) is 11.2. The van der Waals surface area contributed by atoms with Crippen molar-refractivity contribution in [3.05, 3.63) is 16.4 Å². The summed E-state index contributed by atoms with van der Waals surface area (Å²) in [5.74, 6) is 0.350. The van der Waals surface area contributed by atoms with E-state index in [1.54, 1.807) is 0 Å². The van der Waals surface area contributed by atoms with Crippen LogP contribution in [-0.2, 0) is 24.1 Å². The first-order chi connectivity index (χ1) is 8.67. The first-order valence-corrected chi connectivity index (χ1v) is 7.12. The molecule has 0 amide bonds. The Kier molecular flexibility index (Phi) is 4.65. The van der Waals surface area contributed by atoms with Gasteiger partial charge in [-0.25, -0.2) is 0 Å². The van der Waals surface area contributed by atoms with Gasteiger partial charge in [-0.15, -0.1) is 0 Å². The molecular weight excluding hydrogens is 250 g/mol. The van der Waals surface area contributed by atoms with Gasteiger partial charge in [0, 0.05) is 25.1 Å². The lowest BCUT2D eigenvalue weighted by Gasteiger charge is -2.28. The largest absolute Gasteiger partial charge is 0.381 e. The SMILES string of the molecule is CCc1nn(CC)c(CC2COCCC2N)c1Cl. The molecule has 0 aliphatic carbocycles. The highest BCUT2D eigenvalue weighted by Crippen LogP contribution is 2.26. The molecule has 2 atom stereocenters. The van der Waals surface area contributed by atoms with E-state index in [0.29, 0.717) is 5.92 Å². The van der Waals surface area contributed by atoms with E-state index in [2.05, 4.69) is 18.9 Å². The van der Waals surface area contributed by atoms with Crippen LogP contribution in [0, 0.1) is 5.92 Å². The highest BCUT2D eigenvalue weighted by Gasteiger charge is 2.26. The fourth-order valence-electron chi connectivity index (χ4n) is 2.48. The number of nitrogens with two attached hydrogens (primary N) is 1. The van der Waals surface area contributed by atoms with Gasteiger partial charge in [-0.2, -0.15) is 5.10 Å². The van der Waals surface area contributed by atoms with Crippen LogP contribution in [0.1, 0.15) is 31.7 Å². The molecule has 1 aromatic heterocycles. The monoisotopic (exact) mass is 271 g/mol. The topological polar surface area (TPSA) is 53.1 Å². The first-order valence-electron chi connectivity index (χ1n) is 6.74. The van der Waals surface area contributed by atoms with Gasteiger partial charge >= 0.3 is 0 Å². The molecule has 0 radical (unpaired) electrons. The van der Waals surface area contributed by atoms with Crippen LogP contribution in [0.5, 0.6) is 0 Å². The zero-order valence-corrected chi connectivity index (χ0v) is 11.9. The van der Waals surface area contributed by atoms with Gasteiger partial charge in [-0.3, -0.25) is 4.68 Å². The Labute approximate surface area is 113 Å². The zero-order chi connectivity index (χ0) is 13.1. The number of aromatic nitrogens is 2. The molecule has 1 fully saturated rings. The molecule has 0 bridgehead atoms. The molecule has 1 saturated heterocycles. The van der Waals surface area contributed by atoms with Crippen LogP contribution in [0.2, 0.25) is 5.02 Å². The summed E-state index contributed by atoms with van der Waals surface area (Å²) in [6.07, 6.45) is 2.66. The lowest BCUT2D eigenvalue weighted by atomic mass is 9.92. The Hall–Kier alpha value is -0.580. The van der Waals surface area contributed by atoms with Crippen molar-refractivity contribution < 1.29 is 4.74 Å². The third-order valence-electron chi connectivity index (χ3n) is 3.68. The van der Waals surface area contributed by atoms with Crippen LogP contribution in [-0.4, -0.2) is 29.0 Å². The van der Waals surface area contributed by atoms with Gasteiger partial charge in [0.2, 0.25) is 0 Å². The molecular formula is C13H22ClN3O. The molecule has 1 aromatic rings. The minimum atomic E-state index is 0.208. The van der Waals surface area contributed by atoms with E-state index < -0.39 is 0 Å². The molecule has 4 nitrogen and oxygen atoms in total. The van der Waals surface area contributed by atoms with Gasteiger partial charge in [0.05, 0.1) is 23.0 Å². The van der Waals surface area contributed by atoms with E-state index in [-0.39, 0.29) is 6.04 Å². The normalized spacial score (nSPS) is 24.4. The van der Waals surface area contributed by atoms with Gasteiger partial charge in [0.1, 0.15) is 0 Å². The summed E-state index contributed by atoms with van der Waals surface area (Å²) >= 11 is 6.41. The average molecular weight is 272 g/mol. The smallest absolute Gasteiger partial charge is 0.0849 e. The molecule has 1 aliphatic heterocycles. The number of nitrogens with zero attached hydrogens (tertiary/aromatic N) is 2. The average Bonchev–Trinajstić information content (AvgIpc) is 2.69. The fourth-order valence-corrected chi connectivity index (χ4v) is 2.83. The van der Waals surface area contributed by atoms with Crippen LogP contribution >= 0.6 is 11.6 Å². The van der Waals surface area contributed by atoms with Gasteiger partial charge < -0.3 is 10.5 Å².